The maximum atomic E-state index is 12.0. The Morgan fingerprint density at radius 1 is 0.582 bits per heavy atom. The number of hydrogen-bond donors (Lipinski definition) is 12. The molecule has 1 aromatic heterocycles. The Bertz CT molecular complexity index is 2070. The number of amides is 5. The van der Waals surface area contributed by atoms with E-state index in [2.05, 4.69) is 57.3 Å². The standard InChI is InChI=1S/C22H37N7O3.C15H32N6O2.C8H5NO3/c1-17-16-20(30)29(22(17)32)15-14-27-11-10-25-7-6-24-8-9-26-12-13-28-21(31)18-4-2-3-5-19(18)23;1-13-12-14(22)21(15(13)23)11-10-20-9-8-19-7-6-18-5-4-17-3-2-16;10-7-5-3-1-2-4-6(5)9-8(11)12-7/h2-5,17,24-27H,6-16,23H2,1H3,(H,28,31);13,17-20H,2-12,16H2,1H3;1-4H,(H,9,11). The summed E-state index contributed by atoms with van der Waals surface area (Å²) in [6.07, 6.45) is 0.693. The van der Waals surface area contributed by atoms with Crippen molar-refractivity contribution >= 4 is 46.1 Å². The second kappa shape index (κ2) is 33.1. The molecule has 0 saturated carbocycles. The lowest BCUT2D eigenvalue weighted by molar-refractivity contribution is -0.140. The number of nitrogens with one attached hydrogen (secondary N) is 10. The van der Waals surface area contributed by atoms with Gasteiger partial charge < -0.3 is 63.7 Å². The van der Waals surface area contributed by atoms with Crippen LogP contribution in [0, 0.1) is 11.8 Å². The fourth-order valence-corrected chi connectivity index (χ4v) is 6.82. The van der Waals surface area contributed by atoms with Gasteiger partial charge in [-0.15, -0.1) is 0 Å². The lowest BCUT2D eigenvalue weighted by Crippen LogP contribution is -2.39. The summed E-state index contributed by atoms with van der Waals surface area (Å²) >= 11 is 0. The van der Waals surface area contributed by atoms with Crippen LogP contribution in [0.2, 0.25) is 0 Å². The number of anilines is 1. The lowest BCUT2D eigenvalue weighted by atomic mass is 10.1. The third-order valence-corrected chi connectivity index (χ3v) is 10.5. The predicted molar refractivity (Wildman–Crippen MR) is 259 cm³/mol. The molecule has 0 spiro atoms. The summed E-state index contributed by atoms with van der Waals surface area (Å²) < 4.78 is 4.32. The van der Waals surface area contributed by atoms with Crippen LogP contribution in [0.15, 0.2) is 62.5 Å². The molecule has 0 aliphatic carbocycles. The molecule has 5 amide bonds. The highest BCUT2D eigenvalue weighted by atomic mass is 16.4. The monoisotopic (exact) mass is 939 g/mol. The van der Waals surface area contributed by atoms with E-state index in [1.54, 1.807) is 62.4 Å². The van der Waals surface area contributed by atoms with E-state index in [4.69, 9.17) is 11.5 Å². The van der Waals surface area contributed by atoms with E-state index in [9.17, 15) is 33.6 Å². The van der Waals surface area contributed by atoms with Gasteiger partial charge in [0.25, 0.3) is 5.91 Å². The summed E-state index contributed by atoms with van der Waals surface area (Å²) in [5.41, 5.74) is 12.1. The number of imide groups is 2. The first-order valence-corrected chi connectivity index (χ1v) is 23.2. The number of fused-ring (bicyclic) bond motifs is 1. The molecular weight excluding hydrogens is 865 g/mol. The Balaban J connectivity index is 0.000000294. The second-order valence-corrected chi connectivity index (χ2v) is 16.0. The first kappa shape index (κ1) is 55.9. The van der Waals surface area contributed by atoms with Gasteiger partial charge in [-0.1, -0.05) is 38.1 Å². The van der Waals surface area contributed by atoms with Gasteiger partial charge >= 0.3 is 11.4 Å². The van der Waals surface area contributed by atoms with Crippen molar-refractivity contribution in [3.63, 3.8) is 0 Å². The van der Waals surface area contributed by atoms with E-state index in [-0.39, 0.29) is 41.4 Å². The second-order valence-electron chi connectivity index (χ2n) is 16.0. The van der Waals surface area contributed by atoms with Gasteiger partial charge in [0.15, 0.2) is 0 Å². The van der Waals surface area contributed by atoms with Gasteiger partial charge in [-0.05, 0) is 24.3 Å². The van der Waals surface area contributed by atoms with Crippen molar-refractivity contribution in [2.45, 2.75) is 26.7 Å². The molecular formula is C45H74N14O8. The van der Waals surface area contributed by atoms with Crippen LogP contribution in [0.4, 0.5) is 5.69 Å². The number of aromatic amines is 1. The third-order valence-electron chi connectivity index (χ3n) is 10.5. The minimum absolute atomic E-state index is 0.0399. The fourth-order valence-electron chi connectivity index (χ4n) is 6.82. The van der Waals surface area contributed by atoms with Gasteiger partial charge in [0.1, 0.15) is 0 Å². The molecule has 2 atom stereocenters. The Hall–Kier alpha value is -5.43. The van der Waals surface area contributed by atoms with E-state index < -0.39 is 11.4 Å². The van der Waals surface area contributed by atoms with Crippen LogP contribution in [-0.2, 0) is 19.2 Å². The molecule has 22 heteroatoms. The Labute approximate surface area is 392 Å². The number of likely N-dealkylation sites (tertiary alicyclic amines) is 2. The quantitative estimate of drug-likeness (QED) is 0.0179. The smallest absolute Gasteiger partial charge is 0.398 e. The van der Waals surface area contributed by atoms with Crippen molar-refractivity contribution in [3.8, 4) is 0 Å². The largest absolute Gasteiger partial charge is 0.419 e. The number of nitrogens with two attached hydrogens (primary N) is 2. The van der Waals surface area contributed by atoms with Crippen molar-refractivity contribution < 1.29 is 28.4 Å². The van der Waals surface area contributed by atoms with Crippen LogP contribution < -0.4 is 70.7 Å². The van der Waals surface area contributed by atoms with Crippen molar-refractivity contribution in [1.29, 1.82) is 0 Å². The summed E-state index contributed by atoms with van der Waals surface area (Å²) in [5.74, 6) is -1.41. The first-order chi connectivity index (χ1) is 32.4. The number of benzene rings is 2. The number of nitrogens with zero attached hydrogens (tertiary/aromatic N) is 2. The molecule has 372 valence electrons. The predicted octanol–water partition coefficient (Wildman–Crippen LogP) is -3.07. The van der Waals surface area contributed by atoms with Gasteiger partial charge in [-0.3, -0.25) is 38.8 Å². The number of para-hydroxylation sites is 2. The van der Waals surface area contributed by atoms with Crippen LogP contribution in [0.1, 0.15) is 37.0 Å². The van der Waals surface area contributed by atoms with Gasteiger partial charge in [0.2, 0.25) is 23.6 Å². The Morgan fingerprint density at radius 3 is 1.42 bits per heavy atom. The third kappa shape index (κ3) is 21.8. The molecule has 2 saturated heterocycles. The van der Waals surface area contributed by atoms with Crippen LogP contribution in [0.3, 0.4) is 0 Å². The Kier molecular flexibility index (Phi) is 27.6. The molecule has 0 radical (unpaired) electrons. The number of carbonyl (C=O) groups is 5. The molecule has 2 aromatic carbocycles. The average Bonchev–Trinajstić information content (AvgIpc) is 3.70. The summed E-state index contributed by atoms with van der Waals surface area (Å²) in [7, 11) is 0. The fraction of sp³-hybridized carbons (Fsp3) is 0.578. The lowest BCUT2D eigenvalue weighted by Gasteiger charge is -2.14. The number of rotatable bonds is 30. The number of H-pyrrole nitrogens is 1. The highest BCUT2D eigenvalue weighted by Crippen LogP contribution is 2.18. The highest BCUT2D eigenvalue weighted by Gasteiger charge is 2.35. The number of carbonyl (C=O) groups excluding carboxylic acids is 5. The highest BCUT2D eigenvalue weighted by molar-refractivity contribution is 6.04. The summed E-state index contributed by atoms with van der Waals surface area (Å²) in [4.78, 5) is 85.6. The molecule has 14 N–H and O–H groups in total. The number of aromatic nitrogens is 1. The van der Waals surface area contributed by atoms with Gasteiger partial charge in [0, 0.05) is 161 Å². The zero-order valence-corrected chi connectivity index (χ0v) is 39.1. The molecule has 22 nitrogen and oxygen atoms in total. The van der Waals surface area contributed by atoms with Crippen LogP contribution >= 0.6 is 0 Å². The Morgan fingerprint density at radius 2 is 0.985 bits per heavy atom. The first-order valence-electron chi connectivity index (χ1n) is 23.2. The molecule has 2 aliphatic heterocycles. The zero-order chi connectivity index (χ0) is 48.7. The van der Waals surface area contributed by atoms with E-state index in [0.717, 1.165) is 85.1 Å². The van der Waals surface area contributed by atoms with Gasteiger partial charge in [0.05, 0.1) is 16.5 Å². The average molecular weight is 939 g/mol. The SMILES string of the molecule is CC1CC(=O)N(CCNCCNCCNCCNCCN)C1=O.CC1CC(=O)N(CCNCCNCCNCCNCCNC(=O)c2ccccc2N)C1=O.O=c1[nH]c2ccccc2c(=O)o1. The van der Waals surface area contributed by atoms with E-state index in [1.807, 2.05) is 0 Å². The topological polar surface area (TPSA) is 315 Å². The van der Waals surface area contributed by atoms with E-state index in [0.29, 0.717) is 80.8 Å². The van der Waals surface area contributed by atoms with Gasteiger partial charge in [-0.25, -0.2) is 9.59 Å². The van der Waals surface area contributed by atoms with Crippen molar-refractivity contribution in [2.24, 2.45) is 17.6 Å². The molecule has 2 fully saturated rings. The molecule has 3 heterocycles. The minimum Gasteiger partial charge on any atom is -0.398 e. The van der Waals surface area contributed by atoms with Gasteiger partial charge in [-0.2, -0.15) is 0 Å². The minimum atomic E-state index is -0.723. The van der Waals surface area contributed by atoms with Crippen LogP contribution in [0.25, 0.3) is 10.9 Å². The molecule has 67 heavy (non-hydrogen) atoms. The van der Waals surface area contributed by atoms with Crippen LogP contribution in [0.5, 0.6) is 0 Å². The van der Waals surface area contributed by atoms with Crippen molar-refractivity contribution in [1.82, 2.24) is 62.6 Å². The molecule has 3 aromatic rings. The number of nitrogen functional groups attached to an aromatic ring is 1. The van der Waals surface area contributed by atoms with Crippen LogP contribution in [-0.4, -0.2) is 175 Å². The molecule has 5 rings (SSSR count). The molecule has 2 unspecified atom stereocenters. The van der Waals surface area contributed by atoms with Crippen molar-refractivity contribution in [2.75, 3.05) is 137 Å². The number of hydrogen-bond acceptors (Lipinski definition) is 18. The summed E-state index contributed by atoms with van der Waals surface area (Å²) in [5, 5.41) is 29.5. The van der Waals surface area contributed by atoms with E-state index >= 15 is 0 Å². The zero-order valence-electron chi connectivity index (χ0n) is 39.1. The summed E-state index contributed by atoms with van der Waals surface area (Å²) in [6, 6.07) is 13.7. The van der Waals surface area contributed by atoms with E-state index in [1.165, 1.54) is 9.80 Å². The maximum Gasteiger partial charge on any atom is 0.419 e. The normalized spacial score (nSPS) is 15.7. The summed E-state index contributed by atoms with van der Waals surface area (Å²) in [6.45, 7) is 19.0. The maximum absolute atomic E-state index is 12.0. The van der Waals surface area contributed by atoms with Crippen molar-refractivity contribution in [3.05, 3.63) is 75.1 Å². The molecule has 2 aliphatic rings. The molecule has 0 bridgehead atoms.